The van der Waals surface area contributed by atoms with Crippen LogP contribution in [0.3, 0.4) is 0 Å². The van der Waals surface area contributed by atoms with Crippen LogP contribution >= 0.6 is 11.8 Å². The number of rotatable bonds is 9. The lowest BCUT2D eigenvalue weighted by atomic mass is 9.93. The van der Waals surface area contributed by atoms with Gasteiger partial charge in [-0.25, -0.2) is 9.79 Å². The van der Waals surface area contributed by atoms with E-state index in [0.717, 1.165) is 11.4 Å². The summed E-state index contributed by atoms with van der Waals surface area (Å²) in [6.45, 7) is 2.25. The number of fused-ring (bicyclic) bond motifs is 1. The third-order valence-electron chi connectivity index (χ3n) is 5.91. The third-order valence-corrected chi connectivity index (χ3v) is 6.80. The van der Waals surface area contributed by atoms with Crippen molar-refractivity contribution in [2.24, 2.45) is 4.99 Å². The van der Waals surface area contributed by atoms with E-state index in [9.17, 15) is 9.59 Å². The first-order valence-electron chi connectivity index (χ1n) is 11.4. The fourth-order valence-corrected chi connectivity index (χ4v) is 5.16. The molecule has 9 nitrogen and oxygen atoms in total. The molecule has 3 heterocycles. The molecule has 2 aliphatic heterocycles. The molecule has 0 saturated carbocycles. The van der Waals surface area contributed by atoms with E-state index in [1.807, 2.05) is 34.6 Å². The van der Waals surface area contributed by atoms with Crippen LogP contribution in [0.5, 0.6) is 11.5 Å². The number of nitrogens with zero attached hydrogens (tertiary/aromatic N) is 3. The van der Waals surface area contributed by atoms with E-state index in [0.29, 0.717) is 46.5 Å². The van der Waals surface area contributed by atoms with Crippen molar-refractivity contribution >= 4 is 28.8 Å². The number of aromatic nitrogens is 1. The highest BCUT2D eigenvalue weighted by molar-refractivity contribution is 8.16. The second-order valence-corrected chi connectivity index (χ2v) is 8.93. The monoisotopic (exact) mass is 508 g/mol. The second-order valence-electron chi connectivity index (χ2n) is 8.09. The van der Waals surface area contributed by atoms with Crippen LogP contribution in [0.15, 0.2) is 70.0 Å². The van der Waals surface area contributed by atoms with E-state index in [4.69, 9.17) is 14.2 Å². The number of amides is 1. The van der Waals surface area contributed by atoms with Gasteiger partial charge in [-0.1, -0.05) is 17.8 Å². The first-order chi connectivity index (χ1) is 17.5. The summed E-state index contributed by atoms with van der Waals surface area (Å²) in [5.74, 6) is 0.552. The van der Waals surface area contributed by atoms with Crippen molar-refractivity contribution in [2.75, 3.05) is 27.9 Å². The molecule has 1 N–H and O–H groups in total. The fourth-order valence-electron chi connectivity index (χ4n) is 4.19. The van der Waals surface area contributed by atoms with E-state index in [2.05, 4.69) is 15.3 Å². The predicted molar refractivity (Wildman–Crippen MR) is 138 cm³/mol. The zero-order valence-corrected chi connectivity index (χ0v) is 21.4. The lowest BCUT2D eigenvalue weighted by molar-refractivity contribution is -0.136. The number of amidine groups is 1. The van der Waals surface area contributed by atoms with Gasteiger partial charge in [0, 0.05) is 36.1 Å². The first-order valence-corrected chi connectivity index (χ1v) is 12.3. The maximum atomic E-state index is 12.9. The van der Waals surface area contributed by atoms with Crippen LogP contribution in [-0.4, -0.2) is 54.8 Å². The maximum Gasteiger partial charge on any atom is 0.338 e. The number of hydrogen-bond donors (Lipinski definition) is 1. The van der Waals surface area contributed by atoms with Crippen LogP contribution in [0.1, 0.15) is 30.6 Å². The van der Waals surface area contributed by atoms with Crippen molar-refractivity contribution in [3.8, 4) is 11.5 Å². The molecule has 1 atom stereocenters. The summed E-state index contributed by atoms with van der Waals surface area (Å²) in [6.07, 6.45) is 2.48. The van der Waals surface area contributed by atoms with Crippen molar-refractivity contribution < 1.29 is 23.8 Å². The summed E-state index contributed by atoms with van der Waals surface area (Å²) in [4.78, 5) is 36.7. The van der Waals surface area contributed by atoms with E-state index in [-0.39, 0.29) is 12.3 Å². The van der Waals surface area contributed by atoms with Gasteiger partial charge in [0.25, 0.3) is 0 Å². The molecule has 0 fully saturated rings. The average molecular weight is 509 g/mol. The van der Waals surface area contributed by atoms with Crippen LogP contribution in [0.2, 0.25) is 0 Å². The lowest BCUT2D eigenvalue weighted by Crippen LogP contribution is -2.38. The topological polar surface area (TPSA) is 102 Å². The van der Waals surface area contributed by atoms with Crippen molar-refractivity contribution in [1.82, 2.24) is 15.2 Å². The highest BCUT2D eigenvalue weighted by atomic mass is 32.2. The molecular weight excluding hydrogens is 480 g/mol. The molecule has 0 spiro atoms. The number of pyridine rings is 1. The standard InChI is InChI=1S/C26H28N4O5S/c1-16-23(25(32)35-4)24(20-14-19(33-2)8-9-21(20)34-3)30-18(15-36-26(30)29-16)13-22(31)28-12-10-17-7-5-6-11-27-17/h5-9,11,14-15,24H,10,12-13H2,1-4H3,(H,28,31)/t24-/m1/s1. The number of esters is 1. The van der Waals surface area contributed by atoms with E-state index < -0.39 is 12.0 Å². The Bertz CT molecular complexity index is 1240. The number of aliphatic imine (C=N–C) groups is 1. The highest BCUT2D eigenvalue weighted by Gasteiger charge is 2.42. The Morgan fingerprint density at radius 3 is 2.67 bits per heavy atom. The molecule has 0 bridgehead atoms. The molecule has 1 aromatic carbocycles. The number of ether oxygens (including phenoxy) is 3. The zero-order chi connectivity index (χ0) is 25.7. The molecule has 10 heteroatoms. The minimum atomic E-state index is -0.613. The number of thioether (sulfide) groups is 1. The Kier molecular flexibility index (Phi) is 7.94. The molecule has 0 radical (unpaired) electrons. The number of methoxy groups -OCH3 is 3. The number of allylic oxidation sites excluding steroid dienone is 1. The van der Waals surface area contributed by atoms with E-state index in [1.165, 1.54) is 18.9 Å². The van der Waals surface area contributed by atoms with Gasteiger partial charge >= 0.3 is 5.97 Å². The summed E-state index contributed by atoms with van der Waals surface area (Å²) < 4.78 is 16.2. The van der Waals surface area contributed by atoms with Gasteiger partial charge in [-0.3, -0.25) is 9.78 Å². The molecule has 2 aromatic rings. The number of carbonyl (C=O) groups excluding carboxylic acids is 2. The Balaban J connectivity index is 1.62. The van der Waals surface area contributed by atoms with E-state index in [1.54, 1.807) is 39.5 Å². The third kappa shape index (κ3) is 5.23. The predicted octanol–water partition coefficient (Wildman–Crippen LogP) is 3.60. The summed E-state index contributed by atoms with van der Waals surface area (Å²) in [6, 6.07) is 10.5. The lowest BCUT2D eigenvalue weighted by Gasteiger charge is -2.36. The van der Waals surface area contributed by atoms with Crippen LogP contribution in [0.4, 0.5) is 0 Å². The molecule has 4 rings (SSSR count). The van der Waals surface area contributed by atoms with Crippen molar-refractivity contribution in [3.63, 3.8) is 0 Å². The molecule has 0 saturated heterocycles. The van der Waals surface area contributed by atoms with Crippen LogP contribution in [0, 0.1) is 0 Å². The maximum absolute atomic E-state index is 12.9. The van der Waals surface area contributed by atoms with Gasteiger partial charge in [-0.05, 0) is 42.7 Å². The van der Waals surface area contributed by atoms with Crippen LogP contribution < -0.4 is 14.8 Å². The van der Waals surface area contributed by atoms with Crippen molar-refractivity contribution in [2.45, 2.75) is 25.8 Å². The van der Waals surface area contributed by atoms with Gasteiger partial charge < -0.3 is 24.4 Å². The number of nitrogens with one attached hydrogen (secondary N) is 1. The van der Waals surface area contributed by atoms with Crippen molar-refractivity contribution in [1.29, 1.82) is 0 Å². The Hall–Kier alpha value is -3.79. The van der Waals surface area contributed by atoms with Gasteiger partial charge in [0.15, 0.2) is 5.17 Å². The minimum absolute atomic E-state index is 0.116. The fraction of sp³-hybridized carbons (Fsp3) is 0.308. The van der Waals surface area contributed by atoms with Gasteiger partial charge in [-0.2, -0.15) is 0 Å². The van der Waals surface area contributed by atoms with Gasteiger partial charge in [-0.15, -0.1) is 0 Å². The quantitative estimate of drug-likeness (QED) is 0.513. The Morgan fingerprint density at radius 2 is 1.97 bits per heavy atom. The number of carbonyl (C=O) groups is 2. The first kappa shape index (κ1) is 25.3. The molecule has 1 amide bonds. The molecule has 1 aromatic heterocycles. The molecule has 0 unspecified atom stereocenters. The van der Waals surface area contributed by atoms with Crippen molar-refractivity contribution in [3.05, 3.63) is 76.2 Å². The van der Waals surface area contributed by atoms with Crippen LogP contribution in [0.25, 0.3) is 0 Å². The molecule has 188 valence electrons. The normalized spacial score (nSPS) is 16.7. The Labute approximate surface area is 214 Å². The smallest absolute Gasteiger partial charge is 0.338 e. The second kappa shape index (κ2) is 11.3. The van der Waals surface area contributed by atoms with E-state index >= 15 is 0 Å². The molecular formula is C26H28N4O5S. The average Bonchev–Trinajstić information content (AvgIpc) is 3.29. The molecule has 0 aliphatic carbocycles. The summed E-state index contributed by atoms with van der Waals surface area (Å²) in [5.41, 5.74) is 3.25. The van der Waals surface area contributed by atoms with Gasteiger partial charge in [0.05, 0.1) is 45.1 Å². The zero-order valence-electron chi connectivity index (χ0n) is 20.6. The molecule has 36 heavy (non-hydrogen) atoms. The summed E-state index contributed by atoms with van der Waals surface area (Å²) in [5, 5.41) is 5.52. The van der Waals surface area contributed by atoms with Gasteiger partial charge in [0.1, 0.15) is 11.5 Å². The molecule has 2 aliphatic rings. The largest absolute Gasteiger partial charge is 0.497 e. The Morgan fingerprint density at radius 1 is 1.14 bits per heavy atom. The number of hydrogen-bond acceptors (Lipinski definition) is 9. The summed E-state index contributed by atoms with van der Waals surface area (Å²) >= 11 is 1.41. The minimum Gasteiger partial charge on any atom is -0.497 e. The van der Waals surface area contributed by atoms with Gasteiger partial charge in [0.2, 0.25) is 5.91 Å². The van der Waals surface area contributed by atoms with Crippen LogP contribution in [-0.2, 0) is 20.7 Å². The SMILES string of the molecule is COC(=O)C1=C(C)N=C2SC=C(CC(=O)NCCc3ccccn3)N2[C@@H]1c1cc(OC)ccc1OC. The summed E-state index contributed by atoms with van der Waals surface area (Å²) in [7, 11) is 4.49. The highest BCUT2D eigenvalue weighted by Crippen LogP contribution is 2.47. The number of benzene rings is 1.